The summed E-state index contributed by atoms with van der Waals surface area (Å²) in [5.74, 6) is -1.85. The van der Waals surface area contributed by atoms with E-state index < -0.39 is 40.7 Å². The van der Waals surface area contributed by atoms with Crippen LogP contribution in [0.3, 0.4) is 0 Å². The lowest BCUT2D eigenvalue weighted by atomic mass is 9.68. The van der Waals surface area contributed by atoms with Gasteiger partial charge in [0.2, 0.25) is 8.32 Å². The minimum absolute atomic E-state index is 0.0167. The Morgan fingerprint density at radius 1 is 1.31 bits per heavy atom. The highest BCUT2D eigenvalue weighted by molar-refractivity contribution is 7.93. The van der Waals surface area contributed by atoms with Crippen molar-refractivity contribution in [2.45, 2.75) is 93.0 Å². The van der Waals surface area contributed by atoms with Gasteiger partial charge >= 0.3 is 0 Å². The first kappa shape index (κ1) is 27.7. The largest absolute Gasteiger partial charge is 0.547 e. The molecule has 2 fully saturated rings. The summed E-state index contributed by atoms with van der Waals surface area (Å²) >= 11 is 0. The number of sulfone groups is 1. The van der Waals surface area contributed by atoms with Crippen LogP contribution in [0, 0.1) is 11.8 Å². The number of hydrogen-bond donors (Lipinski definition) is 1. The summed E-state index contributed by atoms with van der Waals surface area (Å²) in [5.41, 5.74) is 8.84. The normalized spacial score (nSPS) is 31.3. The van der Waals surface area contributed by atoms with Crippen LogP contribution in [0.5, 0.6) is 0 Å². The van der Waals surface area contributed by atoms with Crippen LogP contribution in [0.15, 0.2) is 52.7 Å². The predicted molar refractivity (Wildman–Crippen MR) is 139 cm³/mol. The third kappa shape index (κ3) is 4.91. The number of fused-ring (bicyclic) bond motifs is 1. The van der Waals surface area contributed by atoms with Crippen molar-refractivity contribution < 1.29 is 22.7 Å². The van der Waals surface area contributed by atoms with E-state index in [1.165, 1.54) is 0 Å². The number of ether oxygens (including phenoxy) is 1. The highest BCUT2D eigenvalue weighted by atomic mass is 32.2. The Bertz CT molecular complexity index is 1100. The quantitative estimate of drug-likeness (QED) is 0.149. The van der Waals surface area contributed by atoms with Crippen molar-refractivity contribution in [1.82, 2.24) is 0 Å². The van der Waals surface area contributed by atoms with E-state index in [2.05, 4.69) is 50.5 Å². The molecule has 10 heteroatoms. The van der Waals surface area contributed by atoms with Crippen LogP contribution in [0.25, 0.3) is 10.4 Å². The lowest BCUT2D eigenvalue weighted by molar-refractivity contribution is -0.232. The fourth-order valence-corrected chi connectivity index (χ4v) is 9.13. The topological polar surface area (TPSA) is 122 Å². The first-order valence-electron chi connectivity index (χ1n) is 12.2. The maximum atomic E-state index is 14.4. The molecule has 5 atom stereocenters. The van der Waals surface area contributed by atoms with Crippen LogP contribution in [0.2, 0.25) is 18.1 Å². The second-order valence-corrected chi connectivity index (χ2v) is 18.6. The number of allylic oxidation sites excluding steroid dienone is 1. The average Bonchev–Trinajstić information content (AvgIpc) is 3.05. The average molecular weight is 522 g/mol. The van der Waals surface area contributed by atoms with Crippen molar-refractivity contribution in [2.75, 3.05) is 6.54 Å². The molecule has 0 aromatic heterocycles. The molecule has 1 aliphatic heterocycles. The molecule has 35 heavy (non-hydrogen) atoms. The van der Waals surface area contributed by atoms with Gasteiger partial charge in [-0.15, -0.1) is 0 Å². The zero-order valence-corrected chi connectivity index (χ0v) is 23.5. The summed E-state index contributed by atoms with van der Waals surface area (Å²) in [6.45, 7) is 16.8. The molecular weight excluding hydrogens is 482 g/mol. The number of nitrogens with zero attached hydrogens (tertiary/aromatic N) is 3. The van der Waals surface area contributed by atoms with Crippen LogP contribution in [-0.4, -0.2) is 45.0 Å². The van der Waals surface area contributed by atoms with Crippen molar-refractivity contribution in [2.24, 2.45) is 17.0 Å². The Labute approximate surface area is 210 Å². The van der Waals surface area contributed by atoms with Crippen molar-refractivity contribution in [1.29, 1.82) is 0 Å². The van der Waals surface area contributed by atoms with Gasteiger partial charge in [-0.1, -0.05) is 57.6 Å². The summed E-state index contributed by atoms with van der Waals surface area (Å²) in [7, 11) is -6.25. The molecule has 0 amide bonds. The number of azide groups is 1. The predicted octanol–water partition coefficient (Wildman–Crippen LogP) is 5.96. The zero-order valence-electron chi connectivity index (χ0n) is 21.7. The number of rotatable bonds is 8. The van der Waals surface area contributed by atoms with E-state index >= 15 is 0 Å². The molecule has 1 aromatic rings. The molecule has 0 bridgehead atoms. The van der Waals surface area contributed by atoms with Gasteiger partial charge in [0.1, 0.15) is 4.75 Å². The number of aliphatic hydroxyl groups is 1. The summed E-state index contributed by atoms with van der Waals surface area (Å²) < 4.78 is 39.6. The van der Waals surface area contributed by atoms with Crippen molar-refractivity contribution in [3.05, 3.63) is 53.1 Å². The fraction of sp³-hybridized carbons (Fsp3) is 0.680. The third-order valence-electron chi connectivity index (χ3n) is 8.09. The van der Waals surface area contributed by atoms with E-state index in [1.807, 2.05) is 6.92 Å². The molecule has 1 saturated heterocycles. The van der Waals surface area contributed by atoms with Crippen molar-refractivity contribution >= 4 is 18.2 Å². The minimum Gasteiger partial charge on any atom is -0.547 e. The van der Waals surface area contributed by atoms with E-state index in [4.69, 9.17) is 14.7 Å². The van der Waals surface area contributed by atoms with E-state index in [1.54, 1.807) is 30.3 Å². The van der Waals surface area contributed by atoms with Gasteiger partial charge in [-0.3, -0.25) is 0 Å². The molecule has 0 radical (unpaired) electrons. The Morgan fingerprint density at radius 2 is 1.94 bits per heavy atom. The second-order valence-electron chi connectivity index (χ2n) is 11.7. The molecule has 8 nitrogen and oxygen atoms in total. The van der Waals surface area contributed by atoms with Crippen LogP contribution in [-0.2, 0) is 19.0 Å². The molecule has 1 aliphatic carbocycles. The molecule has 1 N–H and O–H groups in total. The van der Waals surface area contributed by atoms with E-state index in [9.17, 15) is 13.5 Å². The standard InChI is InChI=1S/C25H39N3O5SSi/c1-18-13-20(14-19(2)33-35(6,7)23(3,4)5)24(34(30,31)22-11-9-8-10-12-22)16-21(17-27-28-26)32-25(24,29)15-18/h8-12,18,20-21,29H,2,13-17H2,1,3-7H3/t18-,20+,21-,24+,25+/m1/s1. The smallest absolute Gasteiger partial charge is 0.250 e. The van der Waals surface area contributed by atoms with Gasteiger partial charge in [-0.25, -0.2) is 8.42 Å². The molecule has 0 unspecified atom stereocenters. The molecule has 0 spiro atoms. The minimum atomic E-state index is -4.06. The van der Waals surface area contributed by atoms with E-state index in [-0.39, 0.29) is 35.2 Å². The number of benzene rings is 1. The Kier molecular flexibility index (Phi) is 7.57. The SMILES string of the molecule is C=C(C[C@@H]1C[C@@H](C)C[C@]2(O)O[C@@H](CN=[N+]=[N-])C[C@]12S(=O)(=O)c1ccccc1)O[Si](C)(C)C(C)(C)C. The highest BCUT2D eigenvalue weighted by Crippen LogP contribution is 2.59. The van der Waals surface area contributed by atoms with Crippen LogP contribution in [0.4, 0.5) is 0 Å². The van der Waals surface area contributed by atoms with Gasteiger partial charge < -0.3 is 14.3 Å². The first-order chi connectivity index (χ1) is 16.1. The van der Waals surface area contributed by atoms with Gasteiger partial charge in [0.25, 0.3) is 0 Å². The van der Waals surface area contributed by atoms with Crippen molar-refractivity contribution in [3.63, 3.8) is 0 Å². The molecular formula is C25H39N3O5SSi. The van der Waals surface area contributed by atoms with Crippen LogP contribution in [0.1, 0.15) is 53.4 Å². The molecule has 1 heterocycles. The van der Waals surface area contributed by atoms with Crippen LogP contribution < -0.4 is 0 Å². The van der Waals surface area contributed by atoms with Gasteiger partial charge in [-0.2, -0.15) is 0 Å². The third-order valence-corrected chi connectivity index (χ3v) is 15.2. The molecule has 2 aliphatic rings. The number of hydrogen-bond acceptors (Lipinski definition) is 6. The van der Waals surface area contributed by atoms with Gasteiger partial charge in [-0.05, 0) is 60.5 Å². The highest BCUT2D eigenvalue weighted by Gasteiger charge is 2.71. The molecule has 1 saturated carbocycles. The monoisotopic (exact) mass is 521 g/mol. The lowest BCUT2D eigenvalue weighted by Crippen LogP contribution is -2.64. The maximum absolute atomic E-state index is 14.4. The fourth-order valence-electron chi connectivity index (χ4n) is 5.51. The Balaban J connectivity index is 2.10. The lowest BCUT2D eigenvalue weighted by Gasteiger charge is -2.51. The van der Waals surface area contributed by atoms with Gasteiger partial charge in [0, 0.05) is 17.8 Å². The van der Waals surface area contributed by atoms with E-state index in [0.29, 0.717) is 18.6 Å². The van der Waals surface area contributed by atoms with Gasteiger partial charge in [0.15, 0.2) is 15.6 Å². The second kappa shape index (κ2) is 9.56. The summed E-state index contributed by atoms with van der Waals surface area (Å²) in [6, 6.07) is 8.22. The van der Waals surface area contributed by atoms with E-state index in [0.717, 1.165) is 0 Å². The maximum Gasteiger partial charge on any atom is 0.250 e. The van der Waals surface area contributed by atoms with Crippen molar-refractivity contribution in [3.8, 4) is 0 Å². The van der Waals surface area contributed by atoms with Gasteiger partial charge in [0.05, 0.1) is 23.3 Å². The Morgan fingerprint density at radius 3 is 2.51 bits per heavy atom. The summed E-state index contributed by atoms with van der Waals surface area (Å²) in [5, 5.41) is 15.5. The summed E-state index contributed by atoms with van der Waals surface area (Å²) in [6.07, 6.45) is 0.369. The first-order valence-corrected chi connectivity index (χ1v) is 16.6. The molecule has 194 valence electrons. The summed E-state index contributed by atoms with van der Waals surface area (Å²) in [4.78, 5) is 2.95. The Hall–Kier alpha value is -1.84. The zero-order chi connectivity index (χ0) is 26.3. The van der Waals surface area contributed by atoms with Crippen LogP contribution >= 0.6 is 0 Å². The molecule has 3 rings (SSSR count). The molecule has 1 aromatic carbocycles.